The molecule has 0 spiro atoms. The highest BCUT2D eigenvalue weighted by molar-refractivity contribution is 6.09. The van der Waals surface area contributed by atoms with Gasteiger partial charge in [0.25, 0.3) is 0 Å². The van der Waals surface area contributed by atoms with E-state index in [1.54, 1.807) is 0 Å². The summed E-state index contributed by atoms with van der Waals surface area (Å²) >= 11 is 0. The predicted octanol–water partition coefficient (Wildman–Crippen LogP) is 2.26. The van der Waals surface area contributed by atoms with Crippen LogP contribution >= 0.6 is 0 Å². The molecule has 3 rings (SSSR count). The first kappa shape index (κ1) is 16.1. The van der Waals surface area contributed by atoms with E-state index >= 15 is 0 Å². The van der Waals surface area contributed by atoms with Gasteiger partial charge in [0.05, 0.1) is 10.9 Å². The lowest BCUT2D eigenvalue weighted by molar-refractivity contribution is 0.112. The van der Waals surface area contributed by atoms with Crippen LogP contribution in [0.25, 0.3) is 21.9 Å². The molecule has 3 aromatic carbocycles. The summed E-state index contributed by atoms with van der Waals surface area (Å²) in [6.07, 6.45) is 0.307. The zero-order chi connectivity index (χ0) is 18.5. The molecule has 3 aromatic rings. The van der Waals surface area contributed by atoms with Crippen molar-refractivity contribution >= 4 is 17.1 Å². The van der Waals surface area contributed by atoms with Gasteiger partial charge >= 0.3 is 0 Å². The highest BCUT2D eigenvalue weighted by Gasteiger charge is 2.21. The molecular formula is C17H12O8. The van der Waals surface area contributed by atoms with Crippen LogP contribution in [0.1, 0.15) is 10.4 Å². The quantitative estimate of drug-likeness (QED) is 0.275. The van der Waals surface area contributed by atoms with E-state index in [1.165, 1.54) is 6.07 Å². The van der Waals surface area contributed by atoms with Crippen molar-refractivity contribution in [2.24, 2.45) is 0 Å². The molecule has 0 aromatic heterocycles. The third-order valence-electron chi connectivity index (χ3n) is 3.86. The second-order valence-corrected chi connectivity index (χ2v) is 5.36. The first-order chi connectivity index (χ1) is 11.8. The van der Waals surface area contributed by atoms with E-state index < -0.39 is 40.2 Å². The van der Waals surface area contributed by atoms with Crippen molar-refractivity contribution in [1.82, 2.24) is 0 Å². The number of phenols is 7. The van der Waals surface area contributed by atoms with Crippen LogP contribution in [0, 0.1) is 0 Å². The number of aromatic hydroxyl groups is 7. The Bertz CT molecular complexity index is 1020. The summed E-state index contributed by atoms with van der Waals surface area (Å²) < 4.78 is 0. The van der Waals surface area contributed by atoms with Crippen LogP contribution in [0.4, 0.5) is 0 Å². The number of carbonyl (C=O) groups excluding carboxylic acids is 1. The Morgan fingerprint density at radius 1 is 0.640 bits per heavy atom. The molecule has 128 valence electrons. The molecule has 0 aliphatic heterocycles. The van der Waals surface area contributed by atoms with Gasteiger partial charge in [-0.3, -0.25) is 4.79 Å². The van der Waals surface area contributed by atoms with Gasteiger partial charge < -0.3 is 35.7 Å². The summed E-state index contributed by atoms with van der Waals surface area (Å²) in [4.78, 5) is 11.2. The van der Waals surface area contributed by atoms with E-state index in [4.69, 9.17) is 0 Å². The molecule has 8 nitrogen and oxygen atoms in total. The van der Waals surface area contributed by atoms with Gasteiger partial charge in [0.15, 0.2) is 35.0 Å². The highest BCUT2D eigenvalue weighted by Crippen LogP contribution is 2.49. The lowest BCUT2D eigenvalue weighted by atomic mass is 9.93. The van der Waals surface area contributed by atoms with Crippen LogP contribution in [0.5, 0.6) is 40.2 Å². The van der Waals surface area contributed by atoms with Crippen molar-refractivity contribution < 1.29 is 40.5 Å². The van der Waals surface area contributed by atoms with E-state index in [2.05, 4.69) is 0 Å². The Kier molecular flexibility index (Phi) is 3.45. The molecule has 0 fully saturated rings. The number of rotatable bonds is 2. The molecule has 0 aliphatic rings. The first-order valence-electron chi connectivity index (χ1n) is 6.90. The number of aldehydes is 1. The van der Waals surface area contributed by atoms with Crippen LogP contribution in [0.3, 0.4) is 0 Å². The molecule has 0 aliphatic carbocycles. The van der Waals surface area contributed by atoms with Gasteiger partial charge in [0.2, 0.25) is 5.75 Å². The lowest BCUT2D eigenvalue weighted by Crippen LogP contribution is -1.90. The van der Waals surface area contributed by atoms with Crippen molar-refractivity contribution in [1.29, 1.82) is 0 Å². The number of phenolic OH excluding ortho intramolecular Hbond substituents is 7. The molecule has 0 unspecified atom stereocenters. The Labute approximate surface area is 139 Å². The minimum atomic E-state index is -0.881. The lowest BCUT2D eigenvalue weighted by Gasteiger charge is -2.14. The summed E-state index contributed by atoms with van der Waals surface area (Å²) in [6.45, 7) is 0. The van der Waals surface area contributed by atoms with E-state index in [1.807, 2.05) is 0 Å². The zero-order valence-corrected chi connectivity index (χ0v) is 12.4. The molecule has 0 amide bonds. The molecule has 0 radical (unpaired) electrons. The number of hydrogen-bond donors (Lipinski definition) is 7. The average molecular weight is 344 g/mol. The van der Waals surface area contributed by atoms with E-state index in [0.717, 1.165) is 18.2 Å². The van der Waals surface area contributed by atoms with Gasteiger partial charge in [-0.25, -0.2) is 0 Å². The Morgan fingerprint density at radius 2 is 1.20 bits per heavy atom. The molecule has 7 N–H and O–H groups in total. The Morgan fingerprint density at radius 3 is 1.76 bits per heavy atom. The highest BCUT2D eigenvalue weighted by atomic mass is 16.3. The number of carbonyl (C=O) groups is 1. The maximum absolute atomic E-state index is 11.2. The molecule has 0 bridgehead atoms. The van der Waals surface area contributed by atoms with Gasteiger partial charge in [-0.05, 0) is 35.4 Å². The molecule has 8 heteroatoms. The van der Waals surface area contributed by atoms with Crippen LogP contribution in [-0.2, 0) is 0 Å². The average Bonchev–Trinajstić information content (AvgIpc) is 2.57. The van der Waals surface area contributed by atoms with Crippen LogP contribution in [-0.4, -0.2) is 42.0 Å². The normalized spacial score (nSPS) is 10.9. The molecule has 0 saturated carbocycles. The standard InChI is InChI=1S/C17H12O8/c18-5-7-1-8(6-2-10(19)15(23)11(20)3-6)9-4-12(21)16(24)17(25)13(9)14(7)22/h1-5,19-25H. The number of hydrogen-bond acceptors (Lipinski definition) is 8. The third kappa shape index (κ3) is 2.27. The Balaban J connectivity index is 2.51. The zero-order valence-electron chi connectivity index (χ0n) is 12.4. The van der Waals surface area contributed by atoms with Crippen molar-refractivity contribution in [3.05, 3.63) is 29.8 Å². The van der Waals surface area contributed by atoms with Gasteiger partial charge in [-0.15, -0.1) is 0 Å². The molecule has 25 heavy (non-hydrogen) atoms. The van der Waals surface area contributed by atoms with Crippen molar-refractivity contribution in [2.45, 2.75) is 0 Å². The van der Waals surface area contributed by atoms with E-state index in [-0.39, 0.29) is 27.5 Å². The van der Waals surface area contributed by atoms with Gasteiger partial charge in [-0.1, -0.05) is 0 Å². The Hall–Kier alpha value is -3.81. The minimum absolute atomic E-state index is 0.0281. The molecular weight excluding hydrogens is 332 g/mol. The fourth-order valence-corrected chi connectivity index (χ4v) is 2.63. The first-order valence-corrected chi connectivity index (χ1v) is 6.90. The summed E-state index contributed by atoms with van der Waals surface area (Å²) in [5.41, 5.74) is 0.00596. The summed E-state index contributed by atoms with van der Waals surface area (Å²) in [7, 11) is 0. The van der Waals surface area contributed by atoms with Crippen molar-refractivity contribution in [3.8, 4) is 51.4 Å². The minimum Gasteiger partial charge on any atom is -0.506 e. The summed E-state index contributed by atoms with van der Waals surface area (Å²) in [6, 6.07) is 4.40. The predicted molar refractivity (Wildman–Crippen MR) is 86.4 cm³/mol. The van der Waals surface area contributed by atoms with Crippen molar-refractivity contribution in [3.63, 3.8) is 0 Å². The smallest absolute Gasteiger partial charge is 0.201 e. The monoisotopic (exact) mass is 344 g/mol. The maximum Gasteiger partial charge on any atom is 0.201 e. The fraction of sp³-hybridized carbons (Fsp3) is 0. The molecule has 0 atom stereocenters. The molecule has 0 saturated heterocycles. The SMILES string of the molecule is O=Cc1cc(-c2cc(O)c(O)c(O)c2)c2cc(O)c(O)c(O)c2c1O. The van der Waals surface area contributed by atoms with Gasteiger partial charge in [-0.2, -0.15) is 0 Å². The fourth-order valence-electron chi connectivity index (χ4n) is 2.63. The van der Waals surface area contributed by atoms with Gasteiger partial charge in [0.1, 0.15) is 5.75 Å². The largest absolute Gasteiger partial charge is 0.506 e. The number of fused-ring (bicyclic) bond motifs is 1. The van der Waals surface area contributed by atoms with E-state index in [0.29, 0.717) is 6.29 Å². The van der Waals surface area contributed by atoms with Gasteiger partial charge in [0, 0.05) is 5.39 Å². The van der Waals surface area contributed by atoms with Crippen LogP contribution in [0.2, 0.25) is 0 Å². The maximum atomic E-state index is 11.2. The summed E-state index contributed by atoms with van der Waals surface area (Å²) in [5.74, 6) is -5.05. The topological polar surface area (TPSA) is 159 Å². The third-order valence-corrected chi connectivity index (χ3v) is 3.86. The second kappa shape index (κ2) is 5.38. The van der Waals surface area contributed by atoms with E-state index in [9.17, 15) is 40.5 Å². The summed E-state index contributed by atoms with van der Waals surface area (Å²) in [5, 5.41) is 68.1. The molecule has 0 heterocycles. The second-order valence-electron chi connectivity index (χ2n) is 5.36. The van der Waals surface area contributed by atoms with Crippen molar-refractivity contribution in [2.75, 3.05) is 0 Å². The number of benzene rings is 3. The van der Waals surface area contributed by atoms with Crippen LogP contribution < -0.4 is 0 Å². The van der Waals surface area contributed by atoms with Crippen LogP contribution in [0.15, 0.2) is 24.3 Å².